The Bertz CT molecular complexity index is 1190. The van der Waals surface area contributed by atoms with Gasteiger partial charge in [-0.25, -0.2) is 9.59 Å². The summed E-state index contributed by atoms with van der Waals surface area (Å²) in [5.41, 5.74) is -1.53. The third kappa shape index (κ3) is 7.89. The van der Waals surface area contributed by atoms with Crippen LogP contribution in [0.1, 0.15) is 91.8 Å². The van der Waals surface area contributed by atoms with E-state index >= 15 is 0 Å². The van der Waals surface area contributed by atoms with Crippen molar-refractivity contribution in [1.29, 1.82) is 0 Å². The van der Waals surface area contributed by atoms with Gasteiger partial charge < -0.3 is 25.0 Å². The maximum absolute atomic E-state index is 14.4. The fourth-order valence-electron chi connectivity index (χ4n) is 4.36. The summed E-state index contributed by atoms with van der Waals surface area (Å²) in [5, 5.41) is 21.1. The molecule has 3 atom stereocenters. The summed E-state index contributed by atoms with van der Waals surface area (Å²) in [4.78, 5) is 45.4. The molecule has 0 saturated carbocycles. The Balaban J connectivity index is 1.55. The van der Waals surface area contributed by atoms with Gasteiger partial charge in [0.15, 0.2) is 6.10 Å². The molecule has 2 aromatic rings. The van der Waals surface area contributed by atoms with Crippen LogP contribution in [-0.2, 0) is 9.47 Å². The minimum atomic E-state index is -3.87. The summed E-state index contributed by atoms with van der Waals surface area (Å²) in [5.74, 6) is -5.75. The number of aliphatic hydroxyl groups excluding tert-OH is 2. The summed E-state index contributed by atoms with van der Waals surface area (Å²) in [6.07, 6.45) is 6.11. The van der Waals surface area contributed by atoms with Crippen molar-refractivity contribution in [2.75, 3.05) is 18.5 Å². The van der Waals surface area contributed by atoms with Crippen LogP contribution in [0.15, 0.2) is 35.4 Å². The molecule has 1 fully saturated rings. The average molecular weight is 567 g/mol. The molecule has 2 aromatic heterocycles. The normalized spacial score (nSPS) is 19.9. The fourth-order valence-corrected chi connectivity index (χ4v) is 4.36. The Morgan fingerprint density at radius 2 is 1.80 bits per heavy atom. The van der Waals surface area contributed by atoms with Gasteiger partial charge in [-0.15, -0.1) is 0 Å². The van der Waals surface area contributed by atoms with E-state index in [0.29, 0.717) is 11.0 Å². The standard InChI is InChI=1S/C27H36F2N4O7/c1-2-3-4-5-6-7-8-9-10-16-39-24(37)18-12-11-14-30-21(18)23(36)31-20-13-15-33(26(38)32-20)25-27(28,29)22(35)19(17-34)40-25/h11-15,19,22,25,34-35H,2-10,16-17H2,1H3,(H,31,32,36,38)/t19-,22-,25-/m1/s1. The molecule has 3 rings (SSSR count). The van der Waals surface area contributed by atoms with Crippen molar-refractivity contribution in [2.24, 2.45) is 0 Å². The molecule has 0 radical (unpaired) electrons. The van der Waals surface area contributed by atoms with Crippen LogP contribution in [0.5, 0.6) is 0 Å². The molecule has 13 heteroatoms. The number of nitrogens with zero attached hydrogens (tertiary/aromatic N) is 3. The first kappa shape index (κ1) is 31.2. The third-order valence-corrected chi connectivity index (χ3v) is 6.61. The summed E-state index contributed by atoms with van der Waals surface area (Å²) in [7, 11) is 0. The number of hydrogen-bond donors (Lipinski definition) is 3. The van der Waals surface area contributed by atoms with Gasteiger partial charge in [0.1, 0.15) is 17.6 Å². The second-order valence-electron chi connectivity index (χ2n) is 9.65. The lowest BCUT2D eigenvalue weighted by atomic mass is 10.1. The van der Waals surface area contributed by atoms with Crippen molar-refractivity contribution >= 4 is 17.7 Å². The van der Waals surface area contributed by atoms with E-state index in [1.54, 1.807) is 0 Å². The molecule has 0 aromatic carbocycles. The van der Waals surface area contributed by atoms with Crippen molar-refractivity contribution in [2.45, 2.75) is 89.1 Å². The lowest BCUT2D eigenvalue weighted by Crippen LogP contribution is -2.41. The molecule has 40 heavy (non-hydrogen) atoms. The Morgan fingerprint density at radius 3 is 2.42 bits per heavy atom. The van der Waals surface area contributed by atoms with Crippen LogP contribution >= 0.6 is 0 Å². The van der Waals surface area contributed by atoms with Crippen molar-refractivity contribution in [3.8, 4) is 0 Å². The van der Waals surface area contributed by atoms with E-state index in [1.165, 1.54) is 50.4 Å². The second-order valence-corrected chi connectivity index (χ2v) is 9.65. The van der Waals surface area contributed by atoms with Gasteiger partial charge in [-0.2, -0.15) is 13.8 Å². The number of halogens is 2. The van der Waals surface area contributed by atoms with E-state index in [9.17, 15) is 28.3 Å². The number of pyridine rings is 1. The maximum Gasteiger partial charge on any atom is 0.351 e. The number of hydrogen-bond acceptors (Lipinski definition) is 9. The number of nitrogens with one attached hydrogen (secondary N) is 1. The number of anilines is 1. The smallest absolute Gasteiger partial charge is 0.351 e. The summed E-state index contributed by atoms with van der Waals surface area (Å²) in [6.45, 7) is 1.51. The number of alkyl halides is 2. The van der Waals surface area contributed by atoms with Gasteiger partial charge >= 0.3 is 17.6 Å². The SMILES string of the molecule is CCCCCCCCCCCOC(=O)c1cccnc1C(=O)Nc1ccn([C@@H]2O[C@H](CO)[C@@H](O)C2(F)F)c(=O)n1. The molecule has 1 saturated heterocycles. The monoisotopic (exact) mass is 566 g/mol. The number of ether oxygens (including phenoxy) is 2. The number of carbonyl (C=O) groups excluding carboxylic acids is 2. The van der Waals surface area contributed by atoms with E-state index in [-0.39, 0.29) is 23.7 Å². The van der Waals surface area contributed by atoms with E-state index in [1.807, 2.05) is 0 Å². The summed E-state index contributed by atoms with van der Waals surface area (Å²) >= 11 is 0. The first-order chi connectivity index (χ1) is 19.2. The van der Waals surface area contributed by atoms with E-state index < -0.39 is 48.5 Å². The number of rotatable bonds is 15. The molecule has 3 heterocycles. The number of unbranched alkanes of at least 4 members (excludes halogenated alkanes) is 8. The highest BCUT2D eigenvalue weighted by molar-refractivity contribution is 6.09. The summed E-state index contributed by atoms with van der Waals surface area (Å²) < 4.78 is 39.5. The van der Waals surface area contributed by atoms with Gasteiger partial charge in [0.25, 0.3) is 5.91 Å². The fraction of sp³-hybridized carbons (Fsp3) is 0.593. The molecule has 1 amide bonds. The first-order valence-corrected chi connectivity index (χ1v) is 13.6. The van der Waals surface area contributed by atoms with Crippen LogP contribution < -0.4 is 11.0 Å². The zero-order valence-electron chi connectivity index (χ0n) is 22.4. The highest BCUT2D eigenvalue weighted by atomic mass is 19.3. The molecule has 220 valence electrons. The van der Waals surface area contributed by atoms with Gasteiger partial charge in [0, 0.05) is 12.4 Å². The quantitative estimate of drug-likeness (QED) is 0.217. The Hall–Kier alpha value is -3.29. The Kier molecular flexibility index (Phi) is 11.6. The van der Waals surface area contributed by atoms with E-state index in [2.05, 4.69) is 22.2 Å². The predicted molar refractivity (Wildman–Crippen MR) is 140 cm³/mol. The van der Waals surface area contributed by atoms with Crippen LogP contribution in [0.3, 0.4) is 0 Å². The van der Waals surface area contributed by atoms with Crippen molar-refractivity contribution in [3.63, 3.8) is 0 Å². The molecular weight excluding hydrogens is 530 g/mol. The molecular formula is C27H36F2N4O7. The number of aliphatic hydroxyl groups is 2. The van der Waals surface area contributed by atoms with Crippen LogP contribution in [0, 0.1) is 0 Å². The van der Waals surface area contributed by atoms with Crippen molar-refractivity contribution in [1.82, 2.24) is 14.5 Å². The minimum Gasteiger partial charge on any atom is -0.462 e. The van der Waals surface area contributed by atoms with Crippen LogP contribution in [0.25, 0.3) is 0 Å². The van der Waals surface area contributed by atoms with Crippen LogP contribution in [-0.4, -0.2) is 68.0 Å². The molecule has 0 aliphatic carbocycles. The molecule has 1 aliphatic rings. The maximum atomic E-state index is 14.4. The number of aromatic nitrogens is 3. The van der Waals surface area contributed by atoms with Gasteiger partial charge in [-0.1, -0.05) is 58.3 Å². The average Bonchev–Trinajstić information content (AvgIpc) is 3.17. The first-order valence-electron chi connectivity index (χ1n) is 13.6. The predicted octanol–water partition coefficient (Wildman–Crippen LogP) is 3.46. The van der Waals surface area contributed by atoms with Crippen LogP contribution in [0.2, 0.25) is 0 Å². The highest BCUT2D eigenvalue weighted by Gasteiger charge is 2.59. The number of amides is 1. The lowest BCUT2D eigenvalue weighted by Gasteiger charge is -2.21. The zero-order chi connectivity index (χ0) is 29.1. The second kappa shape index (κ2) is 14.9. The number of carbonyl (C=O) groups is 2. The lowest BCUT2D eigenvalue weighted by molar-refractivity contribution is -0.140. The van der Waals surface area contributed by atoms with Gasteiger partial charge in [0.2, 0.25) is 6.23 Å². The molecule has 0 unspecified atom stereocenters. The van der Waals surface area contributed by atoms with E-state index in [4.69, 9.17) is 14.6 Å². The van der Waals surface area contributed by atoms with Crippen molar-refractivity contribution in [3.05, 3.63) is 52.3 Å². The Morgan fingerprint density at radius 1 is 1.12 bits per heavy atom. The molecule has 3 N–H and O–H groups in total. The largest absolute Gasteiger partial charge is 0.462 e. The molecule has 0 bridgehead atoms. The number of esters is 1. The third-order valence-electron chi connectivity index (χ3n) is 6.61. The Labute approximate surface area is 230 Å². The van der Waals surface area contributed by atoms with Gasteiger partial charge in [0.05, 0.1) is 18.8 Å². The minimum absolute atomic E-state index is 0.0766. The van der Waals surface area contributed by atoms with Crippen LogP contribution in [0.4, 0.5) is 14.6 Å². The van der Waals surface area contributed by atoms with Gasteiger partial charge in [-0.05, 0) is 24.6 Å². The van der Waals surface area contributed by atoms with Gasteiger partial charge in [-0.3, -0.25) is 14.3 Å². The highest BCUT2D eigenvalue weighted by Crippen LogP contribution is 2.42. The zero-order valence-corrected chi connectivity index (χ0v) is 22.4. The van der Waals surface area contributed by atoms with Crippen molar-refractivity contribution < 1.29 is 38.1 Å². The molecule has 0 spiro atoms. The molecule has 1 aliphatic heterocycles. The topological polar surface area (TPSA) is 153 Å². The summed E-state index contributed by atoms with van der Waals surface area (Å²) in [6, 6.07) is 3.93. The molecule has 11 nitrogen and oxygen atoms in total. The van der Waals surface area contributed by atoms with E-state index in [0.717, 1.165) is 31.5 Å².